The molecule has 0 aliphatic carbocycles. The van der Waals surface area contributed by atoms with E-state index in [0.717, 1.165) is 46.6 Å². The van der Waals surface area contributed by atoms with E-state index in [1.165, 1.54) is 0 Å². The smallest absolute Gasteiger partial charge is 0.306 e. The number of rotatable bonds is 11. The van der Waals surface area contributed by atoms with Crippen molar-refractivity contribution in [3.05, 3.63) is 76.0 Å². The molecule has 3 rings (SSSR count). The molecule has 3 aromatic rings. The van der Waals surface area contributed by atoms with Gasteiger partial charge in [-0.1, -0.05) is 62.2 Å². The molecule has 1 N–H and O–H groups in total. The Morgan fingerprint density at radius 2 is 1.81 bits per heavy atom. The number of hydrogen-bond acceptors (Lipinski definition) is 3. The second-order valence-corrected chi connectivity index (χ2v) is 8.51. The summed E-state index contributed by atoms with van der Waals surface area (Å²) in [5.41, 5.74) is 4.27. The van der Waals surface area contributed by atoms with E-state index in [-0.39, 0.29) is 0 Å². The van der Waals surface area contributed by atoms with Gasteiger partial charge in [0.05, 0.1) is 17.5 Å². The molecule has 0 saturated heterocycles. The minimum absolute atomic E-state index is 0.406. The molecule has 0 aliphatic heterocycles. The van der Waals surface area contributed by atoms with Crippen LogP contribution < -0.4 is 4.74 Å². The zero-order valence-electron chi connectivity index (χ0n) is 19.0. The molecule has 32 heavy (non-hydrogen) atoms. The van der Waals surface area contributed by atoms with Gasteiger partial charge in [0.15, 0.2) is 0 Å². The molecule has 1 unspecified atom stereocenters. The fraction of sp³-hybridized carbons (Fsp3) is 0.370. The van der Waals surface area contributed by atoms with Crippen molar-refractivity contribution in [3.8, 4) is 17.1 Å². The topological polar surface area (TPSA) is 59.7 Å². The lowest BCUT2D eigenvalue weighted by atomic mass is 9.92. The predicted molar refractivity (Wildman–Crippen MR) is 129 cm³/mol. The minimum atomic E-state index is -0.767. The van der Waals surface area contributed by atoms with Gasteiger partial charge in [-0.3, -0.25) is 4.79 Å². The van der Waals surface area contributed by atoms with Crippen molar-refractivity contribution in [1.82, 2.24) is 0 Å². The molecular weight excluding hydrogens is 424 g/mol. The molecule has 4 nitrogen and oxygen atoms in total. The summed E-state index contributed by atoms with van der Waals surface area (Å²) in [7, 11) is 0. The Kier molecular flexibility index (Phi) is 8.40. The van der Waals surface area contributed by atoms with Crippen LogP contribution in [-0.2, 0) is 24.1 Å². The first-order valence-corrected chi connectivity index (χ1v) is 11.6. The van der Waals surface area contributed by atoms with Crippen LogP contribution in [0.4, 0.5) is 0 Å². The number of carbonyl (C=O) groups is 1. The summed E-state index contributed by atoms with van der Waals surface area (Å²) in [6, 6.07) is 16.0. The van der Waals surface area contributed by atoms with Crippen molar-refractivity contribution in [2.24, 2.45) is 5.92 Å². The summed E-state index contributed by atoms with van der Waals surface area (Å²) in [6.07, 6.45) is 3.61. The van der Waals surface area contributed by atoms with E-state index in [2.05, 4.69) is 13.0 Å². The first-order chi connectivity index (χ1) is 15.4. The molecule has 0 saturated carbocycles. The van der Waals surface area contributed by atoms with Crippen LogP contribution in [0.3, 0.4) is 0 Å². The third kappa shape index (κ3) is 5.95. The maximum absolute atomic E-state index is 11.5. The van der Waals surface area contributed by atoms with Gasteiger partial charge in [-0.05, 0) is 61.1 Å². The highest BCUT2D eigenvalue weighted by Crippen LogP contribution is 2.32. The number of aliphatic carboxylic acids is 1. The summed E-state index contributed by atoms with van der Waals surface area (Å²) in [6.45, 7) is 6.46. The number of carboxylic acid groups (broad SMARTS) is 1. The maximum atomic E-state index is 11.5. The Labute approximate surface area is 195 Å². The summed E-state index contributed by atoms with van der Waals surface area (Å²) in [5.74, 6) is 1.22. The number of halogens is 1. The average molecular weight is 455 g/mol. The van der Waals surface area contributed by atoms with Crippen LogP contribution in [0.15, 0.2) is 52.9 Å². The van der Waals surface area contributed by atoms with Gasteiger partial charge in [0.2, 0.25) is 0 Å². The summed E-state index contributed by atoms with van der Waals surface area (Å²) in [5, 5.41) is 9.96. The van der Waals surface area contributed by atoms with Gasteiger partial charge in [-0.2, -0.15) is 0 Å². The lowest BCUT2D eigenvalue weighted by molar-refractivity contribution is -0.141. The molecule has 2 aromatic carbocycles. The van der Waals surface area contributed by atoms with E-state index in [1.807, 2.05) is 56.3 Å². The Morgan fingerprint density at radius 1 is 1.06 bits per heavy atom. The first kappa shape index (κ1) is 23.9. The van der Waals surface area contributed by atoms with Gasteiger partial charge in [0.1, 0.15) is 17.3 Å². The SMILES string of the molecule is CCCc1cc(OCCc2cc(-c3ccccc3)oc2C)c(Cl)cc1CC(CC)C(=O)O. The zero-order valence-corrected chi connectivity index (χ0v) is 19.7. The molecule has 0 amide bonds. The van der Waals surface area contributed by atoms with E-state index in [4.69, 9.17) is 20.8 Å². The lowest BCUT2D eigenvalue weighted by Gasteiger charge is -2.17. The summed E-state index contributed by atoms with van der Waals surface area (Å²) >= 11 is 6.51. The van der Waals surface area contributed by atoms with E-state index >= 15 is 0 Å². The van der Waals surface area contributed by atoms with Gasteiger partial charge in [0, 0.05) is 12.0 Å². The van der Waals surface area contributed by atoms with Crippen LogP contribution in [0, 0.1) is 12.8 Å². The van der Waals surface area contributed by atoms with Gasteiger partial charge >= 0.3 is 5.97 Å². The van der Waals surface area contributed by atoms with Crippen LogP contribution in [0.2, 0.25) is 5.02 Å². The number of benzene rings is 2. The highest BCUT2D eigenvalue weighted by atomic mass is 35.5. The Balaban J connectivity index is 1.70. The van der Waals surface area contributed by atoms with Gasteiger partial charge in [-0.25, -0.2) is 0 Å². The van der Waals surface area contributed by atoms with E-state index in [9.17, 15) is 9.90 Å². The maximum Gasteiger partial charge on any atom is 0.306 e. The van der Waals surface area contributed by atoms with Crippen molar-refractivity contribution in [1.29, 1.82) is 0 Å². The normalized spacial score (nSPS) is 12.0. The number of ether oxygens (including phenoxy) is 1. The number of carboxylic acids is 1. The highest BCUT2D eigenvalue weighted by molar-refractivity contribution is 6.32. The minimum Gasteiger partial charge on any atom is -0.492 e. The zero-order chi connectivity index (χ0) is 23.1. The molecule has 0 aliphatic rings. The highest BCUT2D eigenvalue weighted by Gasteiger charge is 2.19. The van der Waals surface area contributed by atoms with Crippen molar-refractivity contribution < 1.29 is 19.1 Å². The second-order valence-electron chi connectivity index (χ2n) is 8.11. The molecular formula is C27H31ClO4. The van der Waals surface area contributed by atoms with E-state index in [1.54, 1.807) is 0 Å². The molecule has 170 valence electrons. The first-order valence-electron chi connectivity index (χ1n) is 11.2. The number of hydrogen-bond donors (Lipinski definition) is 1. The molecule has 0 spiro atoms. The number of furan rings is 1. The fourth-order valence-corrected chi connectivity index (χ4v) is 4.14. The monoisotopic (exact) mass is 454 g/mol. The third-order valence-electron chi connectivity index (χ3n) is 5.79. The van der Waals surface area contributed by atoms with Crippen LogP contribution in [0.1, 0.15) is 49.1 Å². The Bertz CT molecular complexity index is 1040. The standard InChI is InChI=1S/C27H31ClO4/c1-4-9-22-17-26(24(28)15-23(22)14-19(5-2)27(29)30)31-13-12-21-16-25(32-18(21)3)20-10-7-6-8-11-20/h6-8,10-11,15-17,19H,4-5,9,12-14H2,1-3H3,(H,29,30). The van der Waals surface area contributed by atoms with Gasteiger partial charge < -0.3 is 14.3 Å². The molecule has 0 bridgehead atoms. The molecule has 0 radical (unpaired) electrons. The van der Waals surface area contributed by atoms with Crippen LogP contribution >= 0.6 is 11.6 Å². The quantitative estimate of drug-likeness (QED) is 0.334. The summed E-state index contributed by atoms with van der Waals surface area (Å²) < 4.78 is 12.0. The van der Waals surface area contributed by atoms with E-state index in [0.29, 0.717) is 36.6 Å². The largest absolute Gasteiger partial charge is 0.492 e. The van der Waals surface area contributed by atoms with Crippen LogP contribution in [-0.4, -0.2) is 17.7 Å². The van der Waals surface area contributed by atoms with Gasteiger partial charge in [0.25, 0.3) is 0 Å². The van der Waals surface area contributed by atoms with Crippen LogP contribution in [0.25, 0.3) is 11.3 Å². The van der Waals surface area contributed by atoms with Gasteiger partial charge in [-0.15, -0.1) is 0 Å². The van der Waals surface area contributed by atoms with Crippen LogP contribution in [0.5, 0.6) is 5.75 Å². The molecule has 1 heterocycles. The second kappa shape index (κ2) is 11.2. The summed E-state index contributed by atoms with van der Waals surface area (Å²) in [4.78, 5) is 11.5. The third-order valence-corrected chi connectivity index (χ3v) is 6.09. The Hall–Kier alpha value is -2.72. The average Bonchev–Trinajstić information content (AvgIpc) is 3.15. The molecule has 1 aromatic heterocycles. The van der Waals surface area contributed by atoms with Crippen molar-refractivity contribution >= 4 is 17.6 Å². The van der Waals surface area contributed by atoms with E-state index < -0.39 is 11.9 Å². The number of aryl methyl sites for hydroxylation is 2. The fourth-order valence-electron chi connectivity index (χ4n) is 3.89. The Morgan fingerprint density at radius 3 is 2.47 bits per heavy atom. The predicted octanol–water partition coefficient (Wildman–Crippen LogP) is 7.14. The molecule has 1 atom stereocenters. The lowest BCUT2D eigenvalue weighted by Crippen LogP contribution is -2.16. The van der Waals surface area contributed by atoms with Crippen molar-refractivity contribution in [2.45, 2.75) is 52.9 Å². The molecule has 5 heteroatoms. The van der Waals surface area contributed by atoms with Crippen molar-refractivity contribution in [3.63, 3.8) is 0 Å². The van der Waals surface area contributed by atoms with Crippen molar-refractivity contribution in [2.75, 3.05) is 6.61 Å². The molecule has 0 fully saturated rings.